The molecule has 1 aromatic heterocycles. The number of carboxylic acid groups (broad SMARTS) is 1. The van der Waals surface area contributed by atoms with Gasteiger partial charge in [-0.15, -0.1) is 11.3 Å². The van der Waals surface area contributed by atoms with Crippen molar-refractivity contribution in [2.75, 3.05) is 13.1 Å². The molecule has 1 fully saturated rings. The lowest BCUT2D eigenvalue weighted by molar-refractivity contribution is -0.146. The van der Waals surface area contributed by atoms with E-state index in [1.54, 1.807) is 18.4 Å². The Hall–Kier alpha value is -0.920. The number of rotatable bonds is 3. The van der Waals surface area contributed by atoms with Crippen LogP contribution in [0.15, 0.2) is 15.7 Å². The third-order valence-corrected chi connectivity index (χ3v) is 6.63. The molecule has 1 aliphatic rings. The smallest absolute Gasteiger partial charge is 0.310 e. The van der Waals surface area contributed by atoms with Crippen molar-refractivity contribution in [1.82, 2.24) is 4.31 Å². The second kappa shape index (κ2) is 4.32. The summed E-state index contributed by atoms with van der Waals surface area (Å²) in [5.74, 6) is -0.942. The van der Waals surface area contributed by atoms with E-state index in [1.807, 2.05) is 6.92 Å². The van der Waals surface area contributed by atoms with E-state index in [0.29, 0.717) is 6.42 Å². The summed E-state index contributed by atoms with van der Waals surface area (Å²) < 4.78 is 26.2. The monoisotopic (exact) mass is 289 g/mol. The number of sulfonamides is 1. The summed E-state index contributed by atoms with van der Waals surface area (Å²) in [5, 5.41) is 10.9. The number of carbonyl (C=O) groups is 1. The Bertz CT molecular complexity index is 578. The zero-order chi connectivity index (χ0) is 13.6. The van der Waals surface area contributed by atoms with Crippen LogP contribution >= 0.6 is 11.3 Å². The highest BCUT2D eigenvalue weighted by Gasteiger charge is 2.45. The molecule has 0 spiro atoms. The van der Waals surface area contributed by atoms with Gasteiger partial charge in [-0.1, -0.05) is 0 Å². The first-order chi connectivity index (χ1) is 8.25. The van der Waals surface area contributed by atoms with E-state index in [2.05, 4.69) is 0 Å². The van der Waals surface area contributed by atoms with E-state index < -0.39 is 21.4 Å². The lowest BCUT2D eigenvalue weighted by Gasteiger charge is -2.19. The van der Waals surface area contributed by atoms with Gasteiger partial charge < -0.3 is 5.11 Å². The van der Waals surface area contributed by atoms with E-state index in [1.165, 1.54) is 15.6 Å². The predicted octanol–water partition coefficient (Wildman–Crippen LogP) is 1.54. The fourth-order valence-corrected chi connectivity index (χ4v) is 4.91. The lowest BCUT2D eigenvalue weighted by atomic mass is 9.90. The maximum atomic E-state index is 12.3. The number of aryl methyl sites for hydroxylation is 1. The maximum absolute atomic E-state index is 12.3. The van der Waals surface area contributed by atoms with Crippen molar-refractivity contribution < 1.29 is 18.3 Å². The van der Waals surface area contributed by atoms with Crippen LogP contribution in [-0.4, -0.2) is 36.9 Å². The summed E-state index contributed by atoms with van der Waals surface area (Å²) in [6.07, 6.45) is 0.353. The highest BCUT2D eigenvalue weighted by atomic mass is 32.2. The van der Waals surface area contributed by atoms with Gasteiger partial charge in [-0.05, 0) is 37.3 Å². The number of carboxylic acids is 1. The molecule has 0 aliphatic carbocycles. The first kappa shape index (κ1) is 13.5. The molecule has 0 amide bonds. The number of hydrogen-bond donors (Lipinski definition) is 1. The van der Waals surface area contributed by atoms with Crippen molar-refractivity contribution in [3.05, 3.63) is 17.0 Å². The molecular weight excluding hydrogens is 274 g/mol. The molecule has 2 rings (SSSR count). The van der Waals surface area contributed by atoms with Crippen LogP contribution < -0.4 is 0 Å². The van der Waals surface area contributed by atoms with Gasteiger partial charge in [0.15, 0.2) is 0 Å². The van der Waals surface area contributed by atoms with Crippen molar-refractivity contribution in [2.24, 2.45) is 5.41 Å². The molecule has 0 aromatic carbocycles. The first-order valence-corrected chi connectivity index (χ1v) is 7.86. The summed E-state index contributed by atoms with van der Waals surface area (Å²) in [6.45, 7) is 3.73. The fourth-order valence-electron chi connectivity index (χ4n) is 1.97. The Morgan fingerprint density at radius 2 is 2.22 bits per heavy atom. The average molecular weight is 289 g/mol. The first-order valence-electron chi connectivity index (χ1n) is 5.54. The van der Waals surface area contributed by atoms with Gasteiger partial charge in [0.1, 0.15) is 4.21 Å². The van der Waals surface area contributed by atoms with Crippen molar-refractivity contribution >= 4 is 27.3 Å². The van der Waals surface area contributed by atoms with E-state index >= 15 is 0 Å². The summed E-state index contributed by atoms with van der Waals surface area (Å²) >= 11 is 1.17. The fraction of sp³-hybridized carbons (Fsp3) is 0.545. The van der Waals surface area contributed by atoms with E-state index in [0.717, 1.165) is 5.56 Å². The number of aliphatic carboxylic acids is 1. The highest BCUT2D eigenvalue weighted by molar-refractivity contribution is 7.91. The SMILES string of the molecule is Cc1csc(S(=O)(=O)N2CCC(C)(C(=O)O)C2)c1. The Morgan fingerprint density at radius 3 is 2.67 bits per heavy atom. The van der Waals surface area contributed by atoms with Gasteiger partial charge in [0, 0.05) is 13.1 Å². The zero-order valence-electron chi connectivity index (χ0n) is 10.2. The van der Waals surface area contributed by atoms with Crippen LogP contribution in [0.4, 0.5) is 0 Å². The average Bonchev–Trinajstić information content (AvgIpc) is 2.86. The molecule has 100 valence electrons. The summed E-state index contributed by atoms with van der Waals surface area (Å²) in [5.41, 5.74) is -0.0712. The quantitative estimate of drug-likeness (QED) is 0.916. The number of thiophene rings is 1. The van der Waals surface area contributed by atoms with Crippen LogP contribution in [0.1, 0.15) is 18.9 Å². The molecule has 2 heterocycles. The minimum absolute atomic E-state index is 0.0433. The molecule has 1 N–H and O–H groups in total. The van der Waals surface area contributed by atoms with Crippen LogP contribution in [0.3, 0.4) is 0 Å². The Morgan fingerprint density at radius 1 is 1.56 bits per heavy atom. The standard InChI is InChI=1S/C11H15NO4S2/c1-8-5-9(17-6-8)18(15,16)12-4-3-11(2,7-12)10(13)14/h5-6H,3-4,7H2,1-2H3,(H,13,14). The molecular formula is C11H15NO4S2. The second-order valence-electron chi connectivity index (χ2n) is 4.90. The normalized spacial score (nSPS) is 25.4. The molecule has 0 saturated carbocycles. The Balaban J connectivity index is 2.27. The van der Waals surface area contributed by atoms with Crippen molar-refractivity contribution in [3.63, 3.8) is 0 Å². The molecule has 1 atom stereocenters. The summed E-state index contributed by atoms with van der Waals surface area (Å²) in [7, 11) is -3.53. The largest absolute Gasteiger partial charge is 0.481 e. The van der Waals surface area contributed by atoms with E-state index in [4.69, 9.17) is 5.11 Å². The molecule has 0 radical (unpaired) electrons. The van der Waals surface area contributed by atoms with Gasteiger partial charge >= 0.3 is 5.97 Å². The molecule has 7 heteroatoms. The van der Waals surface area contributed by atoms with Crippen molar-refractivity contribution in [1.29, 1.82) is 0 Å². The van der Waals surface area contributed by atoms with Gasteiger partial charge in [-0.3, -0.25) is 4.79 Å². The lowest BCUT2D eigenvalue weighted by Crippen LogP contribution is -2.34. The highest BCUT2D eigenvalue weighted by Crippen LogP contribution is 2.35. The summed E-state index contributed by atoms with van der Waals surface area (Å²) in [4.78, 5) is 11.1. The minimum Gasteiger partial charge on any atom is -0.481 e. The van der Waals surface area contributed by atoms with Gasteiger partial charge in [-0.2, -0.15) is 4.31 Å². The second-order valence-corrected chi connectivity index (χ2v) is 7.97. The van der Waals surface area contributed by atoms with Crippen LogP contribution in [-0.2, 0) is 14.8 Å². The van der Waals surface area contributed by atoms with E-state index in [-0.39, 0.29) is 17.3 Å². The third-order valence-electron chi connectivity index (χ3n) is 3.26. The third kappa shape index (κ3) is 2.17. The van der Waals surface area contributed by atoms with Gasteiger partial charge in [0.25, 0.3) is 10.0 Å². The zero-order valence-corrected chi connectivity index (χ0v) is 11.8. The van der Waals surface area contributed by atoms with Crippen LogP contribution in [0.25, 0.3) is 0 Å². The molecule has 5 nitrogen and oxygen atoms in total. The van der Waals surface area contributed by atoms with Crippen molar-refractivity contribution in [2.45, 2.75) is 24.5 Å². The molecule has 1 unspecified atom stereocenters. The van der Waals surface area contributed by atoms with Gasteiger partial charge in [0.2, 0.25) is 0 Å². The Labute approximate surface area is 110 Å². The van der Waals surface area contributed by atoms with Crippen LogP contribution in [0.5, 0.6) is 0 Å². The molecule has 1 aliphatic heterocycles. The molecule has 1 saturated heterocycles. The van der Waals surface area contributed by atoms with Gasteiger partial charge in [-0.25, -0.2) is 8.42 Å². The summed E-state index contributed by atoms with van der Waals surface area (Å²) in [6, 6.07) is 1.62. The van der Waals surface area contributed by atoms with Crippen LogP contribution in [0, 0.1) is 12.3 Å². The maximum Gasteiger partial charge on any atom is 0.310 e. The number of hydrogen-bond acceptors (Lipinski definition) is 4. The molecule has 0 bridgehead atoms. The molecule has 1 aromatic rings. The van der Waals surface area contributed by atoms with Gasteiger partial charge in [0.05, 0.1) is 5.41 Å². The Kier molecular flexibility index (Phi) is 3.25. The van der Waals surface area contributed by atoms with Crippen molar-refractivity contribution in [3.8, 4) is 0 Å². The number of nitrogens with zero attached hydrogens (tertiary/aromatic N) is 1. The molecule has 18 heavy (non-hydrogen) atoms. The minimum atomic E-state index is -3.53. The van der Waals surface area contributed by atoms with E-state index in [9.17, 15) is 13.2 Å². The topological polar surface area (TPSA) is 74.7 Å². The predicted molar refractivity (Wildman–Crippen MR) is 68.2 cm³/mol. The van der Waals surface area contributed by atoms with Crippen LogP contribution in [0.2, 0.25) is 0 Å².